The maximum Gasteiger partial charge on any atom is 0.306 e. The van der Waals surface area contributed by atoms with Crippen LogP contribution in [0, 0.1) is 61.5 Å². The van der Waals surface area contributed by atoms with Crippen LogP contribution in [-0.2, 0) is 0 Å². The van der Waals surface area contributed by atoms with Gasteiger partial charge < -0.3 is 5.73 Å². The van der Waals surface area contributed by atoms with E-state index in [1.807, 2.05) is 0 Å². The van der Waals surface area contributed by atoms with Gasteiger partial charge in [0.2, 0.25) is 11.6 Å². The number of halogens is 4. The van der Waals surface area contributed by atoms with Gasteiger partial charge in [-0.05, 0) is 42.5 Å². The van der Waals surface area contributed by atoms with Crippen molar-refractivity contribution < 1.29 is 23.0 Å². The molecule has 2 N–H and O–H groups in total. The van der Waals surface area contributed by atoms with E-state index in [4.69, 9.17) is 12.2 Å². The molecule has 3 rings (SSSR count). The molecule has 7 nitrogen and oxygen atoms in total. The molecule has 0 saturated heterocycles. The van der Waals surface area contributed by atoms with Crippen LogP contribution < -0.4 is 5.73 Å². The minimum atomic E-state index is -1.52. The second kappa shape index (κ2) is 13.8. The predicted molar refractivity (Wildman–Crippen MR) is 143 cm³/mol. The second-order valence-electron chi connectivity index (χ2n) is 8.16. The van der Waals surface area contributed by atoms with Crippen LogP contribution in [0.5, 0.6) is 0 Å². The lowest BCUT2D eigenvalue weighted by atomic mass is 10.2. The number of terminal acetylenes is 1. The van der Waals surface area contributed by atoms with E-state index in [0.717, 1.165) is 18.2 Å². The summed E-state index contributed by atoms with van der Waals surface area (Å²) in [6, 6.07) is 11.5. The molecule has 192 valence electrons. The number of anilines is 1. The number of hydrogen-bond donors (Lipinski definition) is 1. The quantitative estimate of drug-likeness (QED) is 0.115. The fourth-order valence-electron chi connectivity index (χ4n) is 2.25. The van der Waals surface area contributed by atoms with Crippen molar-refractivity contribution in [2.45, 2.75) is 19.6 Å². The Bertz CT molecular complexity index is 1410. The molecule has 0 heterocycles. The molecule has 0 spiro atoms. The maximum absolute atomic E-state index is 13.0. The van der Waals surface area contributed by atoms with Crippen LogP contribution in [0.2, 0.25) is 19.6 Å². The second-order valence-corrected chi connectivity index (χ2v) is 13.8. The monoisotopic (exact) mass is 591 g/mol. The normalized spacial score (nSPS) is 9.78. The lowest BCUT2D eigenvalue weighted by Gasteiger charge is -2.03. The van der Waals surface area contributed by atoms with Crippen LogP contribution in [-0.4, -0.2) is 17.9 Å². The van der Waals surface area contributed by atoms with Gasteiger partial charge in [-0.15, -0.1) is 12.0 Å². The standard InChI is InChI=1S/C11H12FNO2Si.C8H6FN.C6H3BrFNO2/c1-16(2,3)7-6-9-4-5-10(12)11(8-9)13(14)15;1-2-6-3-4-7(9)8(10)5-6;7-4-1-2-5(8)6(3-4)9(10)11/h4-5,8H,1-3H3;1,3-5H,10H2;1-3H. The van der Waals surface area contributed by atoms with Crippen LogP contribution in [0.25, 0.3) is 0 Å². The lowest BCUT2D eigenvalue weighted by Crippen LogP contribution is -2.16. The molecule has 0 fully saturated rings. The number of nitrogens with zero attached hydrogens (tertiary/aromatic N) is 2. The third kappa shape index (κ3) is 11.0. The average molecular weight is 592 g/mol. The van der Waals surface area contributed by atoms with Crippen molar-refractivity contribution in [2.75, 3.05) is 5.73 Å². The number of hydrogen-bond acceptors (Lipinski definition) is 5. The van der Waals surface area contributed by atoms with E-state index in [-0.39, 0.29) is 5.69 Å². The van der Waals surface area contributed by atoms with E-state index in [2.05, 4.69) is 53.0 Å². The molecule has 0 unspecified atom stereocenters. The van der Waals surface area contributed by atoms with E-state index >= 15 is 0 Å². The van der Waals surface area contributed by atoms with Crippen LogP contribution in [0.1, 0.15) is 11.1 Å². The fraction of sp³-hybridized carbons (Fsp3) is 0.120. The first kappa shape index (κ1) is 30.9. The van der Waals surface area contributed by atoms with Gasteiger partial charge in [0.15, 0.2) is 0 Å². The molecule has 0 aliphatic rings. The van der Waals surface area contributed by atoms with E-state index < -0.39 is 46.7 Å². The molecule has 0 bridgehead atoms. The topological polar surface area (TPSA) is 112 Å². The van der Waals surface area contributed by atoms with E-state index in [0.29, 0.717) is 15.6 Å². The van der Waals surface area contributed by atoms with Crippen molar-refractivity contribution in [3.05, 3.63) is 108 Å². The molecule has 0 aliphatic carbocycles. The Hall–Kier alpha value is -4.13. The summed E-state index contributed by atoms with van der Waals surface area (Å²) in [7, 11) is -1.52. The smallest absolute Gasteiger partial charge is 0.306 e. The Morgan fingerprint density at radius 2 is 1.32 bits per heavy atom. The first-order valence-electron chi connectivity index (χ1n) is 10.2. The Morgan fingerprint density at radius 1 is 0.838 bits per heavy atom. The highest BCUT2D eigenvalue weighted by Gasteiger charge is 2.14. The van der Waals surface area contributed by atoms with Crippen LogP contribution in [0.3, 0.4) is 0 Å². The molecular formula is C25H21BrF3N3O4Si. The van der Waals surface area contributed by atoms with Crippen LogP contribution in [0.4, 0.5) is 30.2 Å². The highest BCUT2D eigenvalue weighted by atomic mass is 79.9. The van der Waals surface area contributed by atoms with Crippen molar-refractivity contribution in [1.29, 1.82) is 0 Å². The summed E-state index contributed by atoms with van der Waals surface area (Å²) in [5.74, 6) is 3.11. The van der Waals surface area contributed by atoms with Gasteiger partial charge in [-0.2, -0.15) is 8.78 Å². The number of nitro benzene ring substituents is 2. The zero-order valence-electron chi connectivity index (χ0n) is 19.9. The minimum absolute atomic E-state index is 0.0930. The molecule has 0 radical (unpaired) electrons. The molecule has 0 atom stereocenters. The number of nitro groups is 2. The van der Waals surface area contributed by atoms with E-state index in [9.17, 15) is 33.4 Å². The summed E-state index contributed by atoms with van der Waals surface area (Å²) in [5.41, 5.74) is 8.42. The Labute approximate surface area is 221 Å². The molecule has 3 aromatic carbocycles. The number of nitrogens with two attached hydrogens (primary N) is 1. The van der Waals surface area contributed by atoms with Gasteiger partial charge >= 0.3 is 11.4 Å². The highest BCUT2D eigenvalue weighted by molar-refractivity contribution is 9.10. The summed E-state index contributed by atoms with van der Waals surface area (Å²) in [6.07, 6.45) is 5.04. The first-order valence-corrected chi connectivity index (χ1v) is 14.5. The average Bonchev–Trinajstić information content (AvgIpc) is 2.82. The van der Waals surface area contributed by atoms with Gasteiger partial charge in [-0.1, -0.05) is 47.4 Å². The summed E-state index contributed by atoms with van der Waals surface area (Å²) in [4.78, 5) is 19.1. The largest absolute Gasteiger partial charge is 0.396 e. The van der Waals surface area contributed by atoms with Gasteiger partial charge in [-0.3, -0.25) is 20.2 Å². The summed E-state index contributed by atoms with van der Waals surface area (Å²) in [6.45, 7) is 6.20. The minimum Gasteiger partial charge on any atom is -0.396 e. The Balaban J connectivity index is 0.000000288. The Kier molecular flexibility index (Phi) is 11.5. The number of nitrogen functional groups attached to an aromatic ring is 1. The van der Waals surface area contributed by atoms with Gasteiger partial charge in [0.05, 0.1) is 15.5 Å². The maximum atomic E-state index is 13.0. The highest BCUT2D eigenvalue weighted by Crippen LogP contribution is 2.21. The van der Waals surface area contributed by atoms with E-state index in [1.54, 1.807) is 0 Å². The van der Waals surface area contributed by atoms with Crippen molar-refractivity contribution in [3.63, 3.8) is 0 Å². The Morgan fingerprint density at radius 3 is 1.78 bits per heavy atom. The zero-order valence-corrected chi connectivity index (χ0v) is 22.5. The van der Waals surface area contributed by atoms with Gasteiger partial charge in [-0.25, -0.2) is 4.39 Å². The summed E-state index contributed by atoms with van der Waals surface area (Å²) < 4.78 is 38.5. The summed E-state index contributed by atoms with van der Waals surface area (Å²) in [5, 5.41) is 20.6. The molecule has 0 aromatic heterocycles. The third-order valence-corrected chi connectivity index (χ3v) is 5.36. The summed E-state index contributed by atoms with van der Waals surface area (Å²) >= 11 is 2.99. The first-order chi connectivity index (χ1) is 17.1. The lowest BCUT2D eigenvalue weighted by molar-refractivity contribution is -0.387. The SMILES string of the molecule is C#Cc1ccc(F)c(N)c1.C[Si](C)(C)C#Cc1ccc(F)c([N+](=O)[O-])c1.O=[N+]([O-])c1cc(Br)ccc1F. The van der Waals surface area contributed by atoms with Gasteiger partial charge in [0, 0.05) is 27.7 Å². The number of benzene rings is 3. The van der Waals surface area contributed by atoms with Crippen LogP contribution in [0.15, 0.2) is 59.1 Å². The van der Waals surface area contributed by atoms with Crippen molar-refractivity contribution >= 4 is 41.1 Å². The molecule has 0 amide bonds. The zero-order chi connectivity index (χ0) is 28.3. The van der Waals surface area contributed by atoms with Crippen molar-refractivity contribution in [1.82, 2.24) is 0 Å². The predicted octanol–water partition coefficient (Wildman–Crippen LogP) is 6.85. The number of rotatable bonds is 2. The molecule has 37 heavy (non-hydrogen) atoms. The van der Waals surface area contributed by atoms with Crippen LogP contribution >= 0.6 is 15.9 Å². The molecule has 0 aliphatic heterocycles. The van der Waals surface area contributed by atoms with Gasteiger partial charge in [0.25, 0.3) is 0 Å². The van der Waals surface area contributed by atoms with Gasteiger partial charge in [0.1, 0.15) is 13.9 Å². The molecular weight excluding hydrogens is 571 g/mol. The third-order valence-electron chi connectivity index (χ3n) is 3.99. The van der Waals surface area contributed by atoms with Crippen molar-refractivity contribution in [3.8, 4) is 23.8 Å². The van der Waals surface area contributed by atoms with E-state index in [1.165, 1.54) is 36.4 Å². The molecule has 12 heteroatoms. The fourth-order valence-corrected chi connectivity index (χ4v) is 3.12. The van der Waals surface area contributed by atoms with Crippen molar-refractivity contribution in [2.24, 2.45) is 0 Å². The molecule has 0 saturated carbocycles. The molecule has 3 aromatic rings.